The van der Waals surface area contributed by atoms with Crippen LogP contribution in [0.4, 0.5) is 4.79 Å². The summed E-state index contributed by atoms with van der Waals surface area (Å²) in [7, 11) is 0. The molecule has 1 amide bonds. The second-order valence-electron chi connectivity index (χ2n) is 5.48. The van der Waals surface area contributed by atoms with Crippen LogP contribution >= 0.6 is 0 Å². The molecular weight excluding hydrogens is 322 g/mol. The number of aliphatic imine (C=N–C) groups is 1. The van der Waals surface area contributed by atoms with E-state index in [4.69, 9.17) is 4.74 Å². The van der Waals surface area contributed by atoms with E-state index in [0.29, 0.717) is 5.71 Å². The van der Waals surface area contributed by atoms with Gasteiger partial charge in [0, 0.05) is 11.1 Å². The molecule has 0 atom stereocenters. The third kappa shape index (κ3) is 5.19. The average molecular weight is 339 g/mol. The van der Waals surface area contributed by atoms with Crippen molar-refractivity contribution in [1.82, 2.24) is 0 Å². The molecule has 0 saturated heterocycles. The van der Waals surface area contributed by atoms with Gasteiger partial charge >= 0.3 is 6.09 Å². The highest BCUT2D eigenvalue weighted by atomic mass is 16.5. The van der Waals surface area contributed by atoms with Gasteiger partial charge in [0.2, 0.25) is 0 Å². The van der Waals surface area contributed by atoms with Crippen LogP contribution < -0.4 is 0 Å². The van der Waals surface area contributed by atoms with Crippen LogP contribution in [0.25, 0.3) is 0 Å². The summed E-state index contributed by atoms with van der Waals surface area (Å²) < 4.78 is 5.24. The number of hydrogen-bond acceptors (Lipinski definition) is 2. The summed E-state index contributed by atoms with van der Waals surface area (Å²) in [6, 6.07) is 28.4. The van der Waals surface area contributed by atoms with Crippen LogP contribution in [-0.4, -0.2) is 11.8 Å². The first-order valence-electron chi connectivity index (χ1n) is 8.23. The molecule has 3 heteroatoms. The van der Waals surface area contributed by atoms with Crippen molar-refractivity contribution < 1.29 is 9.53 Å². The minimum absolute atomic E-state index is 0.178. The third-order valence-electron chi connectivity index (χ3n) is 3.55. The maximum absolute atomic E-state index is 12.1. The predicted molar refractivity (Wildman–Crippen MR) is 103 cm³/mol. The van der Waals surface area contributed by atoms with E-state index in [9.17, 15) is 4.79 Å². The summed E-state index contributed by atoms with van der Waals surface area (Å²) in [6.45, 7) is 0.178. The van der Waals surface area contributed by atoms with Gasteiger partial charge in [-0.3, -0.25) is 0 Å². The third-order valence-corrected chi connectivity index (χ3v) is 3.55. The number of ether oxygens (including phenoxy) is 1. The Bertz CT molecular complexity index is 937. The molecule has 0 radical (unpaired) electrons. The summed E-state index contributed by atoms with van der Waals surface area (Å²) in [6.07, 6.45) is -0.657. The molecular formula is C23H17NO2. The van der Waals surface area contributed by atoms with E-state index in [1.54, 1.807) is 0 Å². The molecule has 0 aromatic heterocycles. The van der Waals surface area contributed by atoms with E-state index < -0.39 is 6.09 Å². The van der Waals surface area contributed by atoms with Crippen molar-refractivity contribution in [2.45, 2.75) is 6.61 Å². The van der Waals surface area contributed by atoms with Crippen molar-refractivity contribution in [2.75, 3.05) is 0 Å². The largest absolute Gasteiger partial charge is 0.443 e. The molecule has 0 saturated carbocycles. The molecule has 126 valence electrons. The zero-order chi connectivity index (χ0) is 18.0. The van der Waals surface area contributed by atoms with Gasteiger partial charge in [-0.05, 0) is 23.6 Å². The first-order chi connectivity index (χ1) is 12.8. The van der Waals surface area contributed by atoms with E-state index in [1.807, 2.05) is 91.0 Å². The van der Waals surface area contributed by atoms with E-state index in [2.05, 4.69) is 16.8 Å². The minimum Gasteiger partial charge on any atom is -0.443 e. The molecule has 0 spiro atoms. The van der Waals surface area contributed by atoms with E-state index in [0.717, 1.165) is 16.7 Å². The molecule has 0 fully saturated rings. The molecule has 0 aliphatic rings. The maximum Gasteiger partial charge on any atom is 0.435 e. The summed E-state index contributed by atoms with van der Waals surface area (Å²) >= 11 is 0. The van der Waals surface area contributed by atoms with Crippen molar-refractivity contribution in [3.05, 3.63) is 108 Å². The highest BCUT2D eigenvalue weighted by Gasteiger charge is 2.06. The van der Waals surface area contributed by atoms with Crippen LogP contribution in [0.15, 0.2) is 96.0 Å². The van der Waals surface area contributed by atoms with Crippen LogP contribution in [0.2, 0.25) is 0 Å². The molecule has 0 unspecified atom stereocenters. The molecule has 0 N–H and O–H groups in total. The molecule has 0 heterocycles. The van der Waals surface area contributed by atoms with Crippen LogP contribution in [0, 0.1) is 11.8 Å². The molecule has 3 nitrogen and oxygen atoms in total. The second kappa shape index (κ2) is 9.00. The fourth-order valence-electron chi connectivity index (χ4n) is 2.26. The molecule has 3 rings (SSSR count). The Hall–Kier alpha value is -3.64. The molecule has 0 aliphatic carbocycles. The van der Waals surface area contributed by atoms with Crippen LogP contribution in [0.5, 0.6) is 0 Å². The SMILES string of the molecule is O=C(/N=C(/C#Cc1ccccc1)c1ccccc1)OCc1ccccc1. The molecule has 0 bridgehead atoms. The minimum atomic E-state index is -0.657. The second-order valence-corrected chi connectivity index (χ2v) is 5.48. The number of amides is 1. The lowest BCUT2D eigenvalue weighted by Crippen LogP contribution is -2.05. The van der Waals surface area contributed by atoms with Crippen molar-refractivity contribution in [3.8, 4) is 11.8 Å². The van der Waals surface area contributed by atoms with Gasteiger partial charge in [-0.1, -0.05) is 84.8 Å². The van der Waals surface area contributed by atoms with Gasteiger partial charge in [-0.25, -0.2) is 4.79 Å². The van der Waals surface area contributed by atoms with E-state index >= 15 is 0 Å². The average Bonchev–Trinajstić information content (AvgIpc) is 2.72. The molecule has 3 aromatic carbocycles. The standard InChI is InChI=1S/C23H17NO2/c25-23(26-18-20-12-6-2-7-13-20)24-22(21-14-8-3-9-15-21)17-16-19-10-4-1-5-11-19/h1-15H,18H2/b24-22-. The lowest BCUT2D eigenvalue weighted by Gasteiger charge is -2.03. The Morgan fingerprint density at radius 2 is 1.38 bits per heavy atom. The van der Waals surface area contributed by atoms with Crippen LogP contribution in [-0.2, 0) is 11.3 Å². The first kappa shape index (κ1) is 17.2. The highest BCUT2D eigenvalue weighted by molar-refractivity contribution is 6.16. The predicted octanol–water partition coefficient (Wildman–Crippen LogP) is 4.86. The number of carbonyl (C=O) groups excluding carboxylic acids is 1. The smallest absolute Gasteiger partial charge is 0.435 e. The number of rotatable bonds is 3. The zero-order valence-electron chi connectivity index (χ0n) is 14.1. The number of carbonyl (C=O) groups is 1. The Balaban J connectivity index is 1.80. The van der Waals surface area contributed by atoms with Crippen LogP contribution in [0.3, 0.4) is 0 Å². The van der Waals surface area contributed by atoms with Gasteiger partial charge in [0.15, 0.2) is 0 Å². The maximum atomic E-state index is 12.1. The summed E-state index contributed by atoms with van der Waals surface area (Å²) in [5.41, 5.74) is 2.92. The van der Waals surface area contributed by atoms with Gasteiger partial charge in [-0.2, -0.15) is 4.99 Å². The van der Waals surface area contributed by atoms with Crippen molar-refractivity contribution >= 4 is 11.8 Å². The van der Waals surface area contributed by atoms with Gasteiger partial charge in [0.25, 0.3) is 0 Å². The van der Waals surface area contributed by atoms with Crippen LogP contribution in [0.1, 0.15) is 16.7 Å². The summed E-state index contributed by atoms with van der Waals surface area (Å²) in [5.74, 6) is 6.01. The van der Waals surface area contributed by atoms with E-state index in [1.165, 1.54) is 0 Å². The summed E-state index contributed by atoms with van der Waals surface area (Å²) in [5, 5.41) is 0. The number of nitrogens with zero attached hydrogens (tertiary/aromatic N) is 1. The van der Waals surface area contributed by atoms with Gasteiger partial charge < -0.3 is 4.74 Å². The number of hydrogen-bond donors (Lipinski definition) is 0. The first-order valence-corrected chi connectivity index (χ1v) is 8.23. The van der Waals surface area contributed by atoms with Gasteiger partial charge in [0.1, 0.15) is 12.3 Å². The zero-order valence-corrected chi connectivity index (χ0v) is 14.1. The van der Waals surface area contributed by atoms with E-state index in [-0.39, 0.29) is 6.61 Å². The Morgan fingerprint density at radius 1 is 0.808 bits per heavy atom. The quantitative estimate of drug-likeness (QED) is 0.505. The highest BCUT2D eigenvalue weighted by Crippen LogP contribution is 2.05. The van der Waals surface area contributed by atoms with Gasteiger partial charge in [-0.15, -0.1) is 0 Å². The van der Waals surface area contributed by atoms with Crippen molar-refractivity contribution in [2.24, 2.45) is 4.99 Å². The normalized spacial score (nSPS) is 10.5. The molecule has 3 aromatic rings. The Morgan fingerprint density at radius 3 is 2.04 bits per heavy atom. The Labute approximate surface area is 153 Å². The fourth-order valence-corrected chi connectivity index (χ4v) is 2.26. The Kier molecular flexibility index (Phi) is 5.95. The monoisotopic (exact) mass is 339 g/mol. The topological polar surface area (TPSA) is 38.7 Å². The summed E-state index contributed by atoms with van der Waals surface area (Å²) in [4.78, 5) is 16.2. The molecule has 26 heavy (non-hydrogen) atoms. The number of benzene rings is 3. The lowest BCUT2D eigenvalue weighted by atomic mass is 10.1. The lowest BCUT2D eigenvalue weighted by molar-refractivity contribution is 0.151. The van der Waals surface area contributed by atoms with Crippen molar-refractivity contribution in [1.29, 1.82) is 0 Å². The van der Waals surface area contributed by atoms with Gasteiger partial charge in [0.05, 0.1) is 0 Å². The fraction of sp³-hybridized carbons (Fsp3) is 0.0435. The molecule has 0 aliphatic heterocycles. The van der Waals surface area contributed by atoms with Crippen molar-refractivity contribution in [3.63, 3.8) is 0 Å².